The van der Waals surface area contributed by atoms with Crippen LogP contribution in [0.3, 0.4) is 0 Å². The number of nitrogens with zero attached hydrogens (tertiary/aromatic N) is 2. The van der Waals surface area contributed by atoms with Crippen LogP contribution in [0.25, 0.3) is 0 Å². The monoisotopic (exact) mass is 265 g/mol. The van der Waals surface area contributed by atoms with E-state index in [-0.39, 0.29) is 12.1 Å². The van der Waals surface area contributed by atoms with Crippen molar-refractivity contribution in [2.24, 2.45) is 0 Å². The molecule has 2 N–H and O–H groups in total. The molecule has 2 aromatic rings. The summed E-state index contributed by atoms with van der Waals surface area (Å²) in [5, 5.41) is 4.58. The highest BCUT2D eigenvalue weighted by Gasteiger charge is 2.05. The van der Waals surface area contributed by atoms with E-state index in [1.807, 2.05) is 0 Å². The number of ether oxygens (including phenoxy) is 1. The zero-order chi connectivity index (χ0) is 13.1. The summed E-state index contributed by atoms with van der Waals surface area (Å²) in [5.74, 6) is 0.370. The molecule has 0 bridgehead atoms. The molecule has 0 spiro atoms. The highest BCUT2D eigenvalue weighted by molar-refractivity contribution is 6.31. The van der Waals surface area contributed by atoms with Gasteiger partial charge in [-0.15, -0.1) is 5.10 Å². The Hall–Kier alpha value is -2.01. The predicted octanol–water partition coefficient (Wildman–Crippen LogP) is 1.54. The summed E-state index contributed by atoms with van der Waals surface area (Å²) in [6.07, 6.45) is 0. The molecule has 1 aromatic carbocycles. The van der Waals surface area contributed by atoms with Crippen molar-refractivity contribution < 1.29 is 4.74 Å². The van der Waals surface area contributed by atoms with Crippen molar-refractivity contribution in [3.05, 3.63) is 51.3 Å². The molecular formula is C12H12ClN3O2. The van der Waals surface area contributed by atoms with E-state index in [1.54, 1.807) is 18.2 Å². The number of nitrogen functional groups attached to an aromatic ring is 1. The van der Waals surface area contributed by atoms with Gasteiger partial charge in [0.05, 0.1) is 13.7 Å². The fraction of sp³-hybridized carbons (Fsp3) is 0.167. The number of methoxy groups -OCH3 is 1. The van der Waals surface area contributed by atoms with E-state index in [4.69, 9.17) is 22.1 Å². The van der Waals surface area contributed by atoms with Crippen molar-refractivity contribution in [2.45, 2.75) is 6.54 Å². The summed E-state index contributed by atoms with van der Waals surface area (Å²) in [4.78, 5) is 11.7. The van der Waals surface area contributed by atoms with Crippen LogP contribution in [0.5, 0.6) is 5.88 Å². The van der Waals surface area contributed by atoms with Crippen molar-refractivity contribution in [1.82, 2.24) is 9.78 Å². The minimum atomic E-state index is -0.228. The number of nitrogens with two attached hydrogens (primary N) is 1. The van der Waals surface area contributed by atoms with Crippen molar-refractivity contribution in [3.8, 4) is 5.88 Å². The van der Waals surface area contributed by atoms with Gasteiger partial charge in [-0.3, -0.25) is 4.79 Å². The van der Waals surface area contributed by atoms with Crippen LogP contribution in [0.1, 0.15) is 5.56 Å². The van der Waals surface area contributed by atoms with E-state index in [1.165, 1.54) is 23.9 Å². The molecule has 0 aliphatic carbocycles. The maximum atomic E-state index is 11.7. The van der Waals surface area contributed by atoms with Crippen molar-refractivity contribution >= 4 is 17.3 Å². The Balaban J connectivity index is 2.39. The fourth-order valence-corrected chi connectivity index (χ4v) is 1.71. The third-order valence-corrected chi connectivity index (χ3v) is 2.81. The molecule has 1 aromatic heterocycles. The van der Waals surface area contributed by atoms with Crippen LogP contribution in [-0.2, 0) is 6.54 Å². The summed E-state index contributed by atoms with van der Waals surface area (Å²) in [7, 11) is 1.49. The Morgan fingerprint density at radius 2 is 2.17 bits per heavy atom. The average molecular weight is 266 g/mol. The lowest BCUT2D eigenvalue weighted by molar-refractivity contribution is 0.379. The molecule has 0 aliphatic heterocycles. The lowest BCUT2D eigenvalue weighted by Crippen LogP contribution is -2.22. The lowest BCUT2D eigenvalue weighted by atomic mass is 10.2. The summed E-state index contributed by atoms with van der Waals surface area (Å²) >= 11 is 6.04. The van der Waals surface area contributed by atoms with Gasteiger partial charge in [-0.1, -0.05) is 11.6 Å². The maximum absolute atomic E-state index is 11.7. The van der Waals surface area contributed by atoms with E-state index < -0.39 is 0 Å². The molecule has 0 unspecified atom stereocenters. The van der Waals surface area contributed by atoms with Gasteiger partial charge in [0.15, 0.2) is 0 Å². The van der Waals surface area contributed by atoms with Gasteiger partial charge in [0.1, 0.15) is 0 Å². The van der Waals surface area contributed by atoms with Gasteiger partial charge < -0.3 is 10.5 Å². The van der Waals surface area contributed by atoms with Gasteiger partial charge in [-0.05, 0) is 23.8 Å². The Morgan fingerprint density at radius 1 is 1.39 bits per heavy atom. The number of anilines is 1. The molecule has 1 heterocycles. The molecule has 0 aliphatic rings. The molecule has 0 saturated heterocycles. The number of hydrogen-bond donors (Lipinski definition) is 1. The molecule has 2 rings (SSSR count). The van der Waals surface area contributed by atoms with Crippen LogP contribution in [0.2, 0.25) is 5.02 Å². The quantitative estimate of drug-likeness (QED) is 0.855. The predicted molar refractivity (Wildman–Crippen MR) is 70.0 cm³/mol. The third-order valence-electron chi connectivity index (χ3n) is 2.44. The van der Waals surface area contributed by atoms with E-state index in [2.05, 4.69) is 5.10 Å². The minimum Gasteiger partial charge on any atom is -0.480 e. The summed E-state index contributed by atoms with van der Waals surface area (Å²) in [6, 6.07) is 8.02. The Morgan fingerprint density at radius 3 is 2.89 bits per heavy atom. The highest BCUT2D eigenvalue weighted by atomic mass is 35.5. The SMILES string of the molecule is COc1ccc(=O)n(Cc2cc(N)ccc2Cl)n1. The van der Waals surface area contributed by atoms with Gasteiger partial charge in [0.2, 0.25) is 5.88 Å². The lowest BCUT2D eigenvalue weighted by Gasteiger charge is -2.08. The molecule has 0 atom stereocenters. The van der Waals surface area contributed by atoms with Gasteiger partial charge in [0.25, 0.3) is 5.56 Å². The Labute approximate surface area is 109 Å². The second-order valence-corrected chi connectivity index (χ2v) is 4.13. The zero-order valence-corrected chi connectivity index (χ0v) is 10.5. The Kier molecular flexibility index (Phi) is 3.53. The number of halogens is 1. The number of aromatic nitrogens is 2. The third kappa shape index (κ3) is 2.62. The largest absolute Gasteiger partial charge is 0.480 e. The first-order chi connectivity index (χ1) is 8.60. The Bertz CT molecular complexity index is 625. The van der Waals surface area contributed by atoms with Gasteiger partial charge in [0, 0.05) is 22.8 Å². The molecule has 5 nitrogen and oxygen atoms in total. The van der Waals surface area contributed by atoms with Crippen LogP contribution >= 0.6 is 11.6 Å². The zero-order valence-electron chi connectivity index (χ0n) is 9.76. The van der Waals surface area contributed by atoms with E-state index in [0.717, 1.165) is 5.56 Å². The molecular weight excluding hydrogens is 254 g/mol. The number of rotatable bonds is 3. The first-order valence-electron chi connectivity index (χ1n) is 5.26. The van der Waals surface area contributed by atoms with E-state index in [9.17, 15) is 4.79 Å². The molecule has 0 fully saturated rings. The number of benzene rings is 1. The first-order valence-corrected chi connectivity index (χ1v) is 5.64. The second-order valence-electron chi connectivity index (χ2n) is 3.72. The molecule has 6 heteroatoms. The smallest absolute Gasteiger partial charge is 0.267 e. The second kappa shape index (κ2) is 5.10. The highest BCUT2D eigenvalue weighted by Crippen LogP contribution is 2.19. The standard InChI is InChI=1S/C12H12ClN3O2/c1-18-11-4-5-12(17)16(15-11)7-8-6-9(14)2-3-10(8)13/h2-6H,7,14H2,1H3. The summed E-state index contributed by atoms with van der Waals surface area (Å²) < 4.78 is 6.25. The van der Waals surface area contributed by atoms with Gasteiger partial charge in [-0.2, -0.15) is 0 Å². The van der Waals surface area contributed by atoms with Crippen LogP contribution < -0.4 is 16.0 Å². The van der Waals surface area contributed by atoms with Gasteiger partial charge in [-0.25, -0.2) is 4.68 Å². The molecule has 18 heavy (non-hydrogen) atoms. The molecule has 0 radical (unpaired) electrons. The number of hydrogen-bond acceptors (Lipinski definition) is 4. The van der Waals surface area contributed by atoms with Crippen LogP contribution in [0.15, 0.2) is 35.1 Å². The van der Waals surface area contributed by atoms with Gasteiger partial charge >= 0.3 is 0 Å². The van der Waals surface area contributed by atoms with E-state index >= 15 is 0 Å². The summed E-state index contributed by atoms with van der Waals surface area (Å²) in [5.41, 5.74) is 6.78. The normalized spacial score (nSPS) is 10.3. The van der Waals surface area contributed by atoms with Crippen LogP contribution in [-0.4, -0.2) is 16.9 Å². The van der Waals surface area contributed by atoms with Crippen LogP contribution in [0, 0.1) is 0 Å². The van der Waals surface area contributed by atoms with Crippen molar-refractivity contribution in [2.75, 3.05) is 12.8 Å². The summed E-state index contributed by atoms with van der Waals surface area (Å²) in [6.45, 7) is 0.250. The molecule has 0 saturated carbocycles. The first kappa shape index (κ1) is 12.4. The van der Waals surface area contributed by atoms with Crippen LogP contribution in [0.4, 0.5) is 5.69 Å². The topological polar surface area (TPSA) is 70.1 Å². The molecule has 94 valence electrons. The van der Waals surface area contributed by atoms with Crippen molar-refractivity contribution in [1.29, 1.82) is 0 Å². The average Bonchev–Trinajstić information content (AvgIpc) is 2.36. The minimum absolute atomic E-state index is 0.228. The maximum Gasteiger partial charge on any atom is 0.267 e. The van der Waals surface area contributed by atoms with Crippen molar-refractivity contribution in [3.63, 3.8) is 0 Å². The fourth-order valence-electron chi connectivity index (χ4n) is 1.53. The van der Waals surface area contributed by atoms with E-state index in [0.29, 0.717) is 16.6 Å². The molecule has 0 amide bonds.